The quantitative estimate of drug-likeness (QED) is 0.409. The Kier molecular flexibility index (Phi) is 4.20. The number of nitrogens with zero attached hydrogens (tertiary/aromatic N) is 2. The first-order valence-electron chi connectivity index (χ1n) is 8.58. The number of imide groups is 1. The van der Waals surface area contributed by atoms with Gasteiger partial charge in [0.1, 0.15) is 0 Å². The topological polar surface area (TPSA) is 79.8 Å². The van der Waals surface area contributed by atoms with E-state index in [4.69, 9.17) is 23.2 Å². The van der Waals surface area contributed by atoms with Gasteiger partial charge in [0.25, 0.3) is 11.1 Å². The van der Waals surface area contributed by atoms with Crippen LogP contribution < -0.4 is 5.32 Å². The number of nitrogens with one attached hydrogen (secondary N) is 2. The van der Waals surface area contributed by atoms with Gasteiger partial charge < -0.3 is 9.55 Å². The zero-order valence-electron chi connectivity index (χ0n) is 14.9. The number of benzene rings is 2. The Morgan fingerprint density at radius 1 is 1.10 bits per heavy atom. The van der Waals surface area contributed by atoms with Crippen LogP contribution in [-0.4, -0.2) is 25.7 Å². The highest BCUT2D eigenvalue weighted by Gasteiger charge is 2.25. The third-order valence-electron chi connectivity index (χ3n) is 4.77. The first-order chi connectivity index (χ1) is 13.9. The SMILES string of the molecule is Cn1c(-c2nc3cc(Cl)c(Cl)cc3[nH]2)cc2cc(C=C3SC(=O)NC3=O)ccc21. The van der Waals surface area contributed by atoms with Gasteiger partial charge in [-0.1, -0.05) is 29.3 Å². The molecule has 29 heavy (non-hydrogen) atoms. The van der Waals surface area contributed by atoms with Crippen molar-refractivity contribution in [2.24, 2.45) is 7.05 Å². The summed E-state index contributed by atoms with van der Waals surface area (Å²) in [4.78, 5) is 31.4. The Morgan fingerprint density at radius 3 is 2.66 bits per heavy atom. The highest BCUT2D eigenvalue weighted by Crippen LogP contribution is 2.32. The summed E-state index contributed by atoms with van der Waals surface area (Å²) in [6.45, 7) is 0. The molecule has 1 fully saturated rings. The number of hydrogen-bond acceptors (Lipinski definition) is 4. The van der Waals surface area contributed by atoms with Crippen molar-refractivity contribution in [3.8, 4) is 11.5 Å². The van der Waals surface area contributed by atoms with E-state index in [-0.39, 0.29) is 11.1 Å². The molecule has 1 aliphatic heterocycles. The maximum Gasteiger partial charge on any atom is 0.290 e. The molecule has 0 unspecified atom stereocenters. The average molecular weight is 443 g/mol. The van der Waals surface area contributed by atoms with Crippen molar-refractivity contribution in [2.75, 3.05) is 0 Å². The molecule has 2 N–H and O–H groups in total. The fourth-order valence-corrected chi connectivity index (χ4v) is 4.39. The summed E-state index contributed by atoms with van der Waals surface area (Å²) in [5, 5.41) is 3.82. The van der Waals surface area contributed by atoms with Gasteiger partial charge in [0.05, 0.1) is 31.7 Å². The number of rotatable bonds is 2. The number of thioether (sulfide) groups is 1. The lowest BCUT2D eigenvalue weighted by molar-refractivity contribution is -0.115. The van der Waals surface area contributed by atoms with Gasteiger partial charge in [-0.2, -0.15) is 0 Å². The molecule has 0 spiro atoms. The number of aryl methyl sites for hydroxylation is 1. The predicted octanol–water partition coefficient (Wildman–Crippen LogP) is 5.35. The van der Waals surface area contributed by atoms with E-state index in [1.54, 1.807) is 18.2 Å². The van der Waals surface area contributed by atoms with Crippen molar-refractivity contribution >= 4 is 74.1 Å². The average Bonchev–Trinajstić information content (AvgIpc) is 3.31. The minimum Gasteiger partial charge on any atom is -0.341 e. The smallest absolute Gasteiger partial charge is 0.290 e. The number of halogens is 2. The molecule has 0 radical (unpaired) electrons. The van der Waals surface area contributed by atoms with Crippen LogP contribution in [0.15, 0.2) is 41.3 Å². The van der Waals surface area contributed by atoms with E-state index in [0.29, 0.717) is 20.8 Å². The molecule has 4 aromatic rings. The Balaban J connectivity index is 1.59. The number of carbonyl (C=O) groups excluding carboxylic acids is 2. The first-order valence-corrected chi connectivity index (χ1v) is 10.2. The van der Waals surface area contributed by atoms with Crippen molar-refractivity contribution in [3.63, 3.8) is 0 Å². The molecule has 1 saturated heterocycles. The molecule has 0 saturated carbocycles. The lowest BCUT2D eigenvalue weighted by atomic mass is 10.1. The predicted molar refractivity (Wildman–Crippen MR) is 117 cm³/mol. The molecule has 1 aliphatic rings. The second kappa shape index (κ2) is 6.66. The minimum atomic E-state index is -0.367. The molecule has 0 bridgehead atoms. The number of amides is 2. The molecule has 2 aromatic carbocycles. The number of aromatic amines is 1. The van der Waals surface area contributed by atoms with Crippen LogP contribution in [0.25, 0.3) is 39.5 Å². The van der Waals surface area contributed by atoms with E-state index >= 15 is 0 Å². The van der Waals surface area contributed by atoms with Crippen LogP contribution in [0.4, 0.5) is 4.79 Å². The molecule has 6 nitrogen and oxygen atoms in total. The van der Waals surface area contributed by atoms with Gasteiger partial charge >= 0.3 is 0 Å². The molecule has 144 valence electrons. The highest BCUT2D eigenvalue weighted by atomic mass is 35.5. The largest absolute Gasteiger partial charge is 0.341 e. The zero-order chi connectivity index (χ0) is 20.3. The summed E-state index contributed by atoms with van der Waals surface area (Å²) < 4.78 is 2.04. The van der Waals surface area contributed by atoms with Crippen LogP contribution in [0.3, 0.4) is 0 Å². The highest BCUT2D eigenvalue weighted by molar-refractivity contribution is 8.18. The van der Waals surface area contributed by atoms with E-state index < -0.39 is 0 Å². The Bertz CT molecular complexity index is 1350. The van der Waals surface area contributed by atoms with Crippen LogP contribution in [0.5, 0.6) is 0 Å². The van der Waals surface area contributed by atoms with E-state index in [0.717, 1.165) is 45.0 Å². The van der Waals surface area contributed by atoms with Gasteiger partial charge in [0, 0.05) is 18.0 Å². The summed E-state index contributed by atoms with van der Waals surface area (Å²) in [5.74, 6) is 0.335. The Morgan fingerprint density at radius 2 is 1.90 bits per heavy atom. The molecule has 0 aliphatic carbocycles. The van der Waals surface area contributed by atoms with Crippen LogP contribution in [0.2, 0.25) is 10.0 Å². The number of fused-ring (bicyclic) bond motifs is 2. The maximum atomic E-state index is 11.8. The van der Waals surface area contributed by atoms with E-state index in [9.17, 15) is 9.59 Å². The Hall–Kier alpha value is -2.74. The molecular formula is C20H12Cl2N4O2S. The molecule has 9 heteroatoms. The van der Waals surface area contributed by atoms with Crippen molar-refractivity contribution < 1.29 is 9.59 Å². The van der Waals surface area contributed by atoms with Crippen molar-refractivity contribution in [1.82, 2.24) is 19.9 Å². The summed E-state index contributed by atoms with van der Waals surface area (Å²) in [6.07, 6.45) is 1.71. The molecule has 0 atom stereocenters. The maximum absolute atomic E-state index is 11.8. The van der Waals surface area contributed by atoms with E-state index in [1.807, 2.05) is 35.9 Å². The van der Waals surface area contributed by atoms with Crippen LogP contribution in [0, 0.1) is 0 Å². The monoisotopic (exact) mass is 442 g/mol. The van der Waals surface area contributed by atoms with Gasteiger partial charge in [-0.15, -0.1) is 0 Å². The van der Waals surface area contributed by atoms with Crippen LogP contribution in [-0.2, 0) is 11.8 Å². The number of imidazole rings is 1. The third-order valence-corrected chi connectivity index (χ3v) is 6.31. The van der Waals surface area contributed by atoms with Crippen LogP contribution >= 0.6 is 35.0 Å². The summed E-state index contributed by atoms with van der Waals surface area (Å²) in [5.41, 5.74) is 4.29. The van der Waals surface area contributed by atoms with Gasteiger partial charge in [-0.3, -0.25) is 14.9 Å². The van der Waals surface area contributed by atoms with E-state index in [1.165, 1.54) is 0 Å². The first kappa shape index (κ1) is 18.3. The van der Waals surface area contributed by atoms with Gasteiger partial charge in [0.2, 0.25) is 0 Å². The molecule has 2 aromatic heterocycles. The normalized spacial score (nSPS) is 15.8. The van der Waals surface area contributed by atoms with Crippen molar-refractivity contribution in [1.29, 1.82) is 0 Å². The summed E-state index contributed by atoms with van der Waals surface area (Å²) in [6, 6.07) is 11.4. The zero-order valence-corrected chi connectivity index (χ0v) is 17.2. The number of H-pyrrole nitrogens is 1. The fourth-order valence-electron chi connectivity index (χ4n) is 3.38. The van der Waals surface area contributed by atoms with Crippen LogP contribution in [0.1, 0.15) is 5.56 Å². The lowest BCUT2D eigenvalue weighted by Gasteiger charge is -2.01. The summed E-state index contributed by atoms with van der Waals surface area (Å²) >= 11 is 13.1. The summed E-state index contributed by atoms with van der Waals surface area (Å²) in [7, 11) is 1.96. The molecule has 5 rings (SSSR count). The number of carbonyl (C=O) groups is 2. The van der Waals surface area contributed by atoms with E-state index in [2.05, 4.69) is 15.3 Å². The van der Waals surface area contributed by atoms with Gasteiger partial charge in [-0.25, -0.2) is 4.98 Å². The molecular weight excluding hydrogens is 431 g/mol. The fraction of sp³-hybridized carbons (Fsp3) is 0.0500. The molecule has 3 heterocycles. The van der Waals surface area contributed by atoms with Crippen molar-refractivity contribution in [3.05, 3.63) is 56.9 Å². The molecule has 2 amide bonds. The standard InChI is InChI=1S/C20H12Cl2N4O2S/c1-26-15-3-2-9(5-17-19(27)25-20(28)29-17)4-10(15)6-16(26)18-23-13-7-11(21)12(22)8-14(13)24-18/h2-8H,1H3,(H,23,24)(H,25,27,28). The third kappa shape index (κ3) is 3.11. The van der Waals surface area contributed by atoms with Crippen molar-refractivity contribution in [2.45, 2.75) is 0 Å². The minimum absolute atomic E-state index is 0.352. The second-order valence-corrected chi connectivity index (χ2v) is 8.46. The second-order valence-electron chi connectivity index (χ2n) is 6.63. The lowest BCUT2D eigenvalue weighted by Crippen LogP contribution is -2.17. The van der Waals surface area contributed by atoms with Gasteiger partial charge in [0.15, 0.2) is 5.82 Å². The number of hydrogen-bond donors (Lipinski definition) is 2. The number of aromatic nitrogens is 3. The van der Waals surface area contributed by atoms with Gasteiger partial charge in [-0.05, 0) is 53.7 Å². The Labute approximate surface area is 178 Å².